The van der Waals surface area contributed by atoms with E-state index in [-0.39, 0.29) is 12.5 Å². The van der Waals surface area contributed by atoms with Gasteiger partial charge in [-0.25, -0.2) is 0 Å². The fourth-order valence-corrected chi connectivity index (χ4v) is 3.26. The van der Waals surface area contributed by atoms with Crippen LogP contribution in [0.25, 0.3) is 0 Å². The van der Waals surface area contributed by atoms with E-state index in [1.807, 2.05) is 11.0 Å². The van der Waals surface area contributed by atoms with E-state index in [4.69, 9.17) is 16.7 Å². The number of aliphatic hydroxyl groups excluding tert-OH is 1. The lowest BCUT2D eigenvalue weighted by Crippen LogP contribution is -2.40. The Labute approximate surface area is 126 Å². The standard InChI is InChI=1S/C14H17BrClNO2/c15-11-3-4-12(13(16)8-11)14(19)17-6-1-2-10(9-17)5-7-18/h3-4,8,10,18H,1-2,5-7,9H2. The van der Waals surface area contributed by atoms with Gasteiger partial charge in [0.05, 0.1) is 10.6 Å². The van der Waals surface area contributed by atoms with E-state index in [1.165, 1.54) is 0 Å². The van der Waals surface area contributed by atoms with Crippen LogP contribution >= 0.6 is 27.5 Å². The Kier molecular flexibility index (Phi) is 5.25. The largest absolute Gasteiger partial charge is 0.396 e. The van der Waals surface area contributed by atoms with Crippen molar-refractivity contribution in [2.24, 2.45) is 5.92 Å². The summed E-state index contributed by atoms with van der Waals surface area (Å²) in [5, 5.41) is 9.48. The monoisotopic (exact) mass is 345 g/mol. The first-order valence-corrected chi connectivity index (χ1v) is 7.64. The van der Waals surface area contributed by atoms with Crippen LogP contribution in [0.5, 0.6) is 0 Å². The number of benzene rings is 1. The molecule has 1 fully saturated rings. The van der Waals surface area contributed by atoms with Crippen LogP contribution in [0.4, 0.5) is 0 Å². The first-order valence-electron chi connectivity index (χ1n) is 6.47. The van der Waals surface area contributed by atoms with Crippen LogP contribution < -0.4 is 0 Å². The van der Waals surface area contributed by atoms with E-state index < -0.39 is 0 Å². The molecular formula is C14H17BrClNO2. The van der Waals surface area contributed by atoms with Crippen molar-refractivity contribution in [1.29, 1.82) is 0 Å². The van der Waals surface area contributed by atoms with Crippen LogP contribution in [0, 0.1) is 5.92 Å². The maximum Gasteiger partial charge on any atom is 0.255 e. The summed E-state index contributed by atoms with van der Waals surface area (Å²) >= 11 is 9.46. The van der Waals surface area contributed by atoms with Gasteiger partial charge in [0, 0.05) is 24.2 Å². The van der Waals surface area contributed by atoms with Crippen LogP contribution in [-0.2, 0) is 0 Å². The Morgan fingerprint density at radius 1 is 1.53 bits per heavy atom. The quantitative estimate of drug-likeness (QED) is 0.912. The fourth-order valence-electron chi connectivity index (χ4n) is 2.50. The van der Waals surface area contributed by atoms with Gasteiger partial charge in [0.1, 0.15) is 0 Å². The summed E-state index contributed by atoms with van der Waals surface area (Å²) in [5.41, 5.74) is 0.550. The predicted octanol–water partition coefficient (Wildman–Crippen LogP) is 3.34. The molecule has 1 aromatic carbocycles. The highest BCUT2D eigenvalue weighted by atomic mass is 79.9. The Balaban J connectivity index is 2.10. The zero-order valence-electron chi connectivity index (χ0n) is 10.6. The molecule has 1 N–H and O–H groups in total. The number of hydrogen-bond donors (Lipinski definition) is 1. The van der Waals surface area contributed by atoms with E-state index in [9.17, 15) is 4.79 Å². The van der Waals surface area contributed by atoms with Crippen molar-refractivity contribution in [2.45, 2.75) is 19.3 Å². The van der Waals surface area contributed by atoms with Crippen molar-refractivity contribution >= 4 is 33.4 Å². The maximum atomic E-state index is 12.4. The van der Waals surface area contributed by atoms with Gasteiger partial charge in [0.25, 0.3) is 5.91 Å². The molecule has 0 radical (unpaired) electrons. The van der Waals surface area contributed by atoms with Gasteiger partial charge in [-0.1, -0.05) is 27.5 Å². The second kappa shape index (κ2) is 6.73. The minimum Gasteiger partial charge on any atom is -0.396 e. The Morgan fingerprint density at radius 2 is 2.32 bits per heavy atom. The summed E-state index contributed by atoms with van der Waals surface area (Å²) in [6.45, 7) is 1.67. The van der Waals surface area contributed by atoms with Crippen molar-refractivity contribution in [1.82, 2.24) is 4.90 Å². The van der Waals surface area contributed by atoms with Crippen LogP contribution in [-0.4, -0.2) is 35.6 Å². The summed E-state index contributed by atoms with van der Waals surface area (Å²) in [6, 6.07) is 5.32. The van der Waals surface area contributed by atoms with Gasteiger partial charge in [-0.05, 0) is 43.4 Å². The fraction of sp³-hybridized carbons (Fsp3) is 0.500. The van der Waals surface area contributed by atoms with Gasteiger partial charge >= 0.3 is 0 Å². The second-order valence-electron chi connectivity index (χ2n) is 4.90. The molecule has 2 rings (SSSR count). The zero-order valence-corrected chi connectivity index (χ0v) is 13.0. The van der Waals surface area contributed by atoms with Crippen LogP contribution in [0.3, 0.4) is 0 Å². The third kappa shape index (κ3) is 3.71. The maximum absolute atomic E-state index is 12.4. The van der Waals surface area contributed by atoms with Gasteiger partial charge in [-0.3, -0.25) is 4.79 Å². The summed E-state index contributed by atoms with van der Waals surface area (Å²) in [6.07, 6.45) is 2.83. The molecule has 1 atom stereocenters. The highest BCUT2D eigenvalue weighted by Gasteiger charge is 2.25. The van der Waals surface area contributed by atoms with E-state index in [0.29, 0.717) is 23.0 Å². The summed E-state index contributed by atoms with van der Waals surface area (Å²) in [7, 11) is 0. The predicted molar refractivity (Wildman–Crippen MR) is 79.5 cm³/mol. The number of halogens is 2. The topological polar surface area (TPSA) is 40.5 Å². The van der Waals surface area contributed by atoms with Crippen molar-refractivity contribution in [3.05, 3.63) is 33.3 Å². The Morgan fingerprint density at radius 3 is 3.00 bits per heavy atom. The van der Waals surface area contributed by atoms with Crippen LogP contribution in [0.1, 0.15) is 29.6 Å². The first-order chi connectivity index (χ1) is 9.11. The van der Waals surface area contributed by atoms with Gasteiger partial charge < -0.3 is 10.0 Å². The molecule has 1 heterocycles. The molecule has 104 valence electrons. The molecule has 1 aromatic rings. The highest BCUT2D eigenvalue weighted by molar-refractivity contribution is 9.10. The van der Waals surface area contributed by atoms with Gasteiger partial charge in [-0.2, -0.15) is 0 Å². The molecule has 1 saturated heterocycles. The van der Waals surface area contributed by atoms with E-state index in [2.05, 4.69) is 15.9 Å². The van der Waals surface area contributed by atoms with E-state index in [1.54, 1.807) is 12.1 Å². The number of carbonyl (C=O) groups excluding carboxylic acids is 1. The molecular weight excluding hydrogens is 330 g/mol. The van der Waals surface area contributed by atoms with Crippen molar-refractivity contribution < 1.29 is 9.90 Å². The molecule has 1 aliphatic heterocycles. The van der Waals surface area contributed by atoms with Gasteiger partial charge in [0.2, 0.25) is 0 Å². The molecule has 5 heteroatoms. The summed E-state index contributed by atoms with van der Waals surface area (Å²) in [5.74, 6) is 0.386. The Hall–Kier alpha value is -0.580. The minimum atomic E-state index is -0.0138. The summed E-state index contributed by atoms with van der Waals surface area (Å²) in [4.78, 5) is 14.3. The van der Waals surface area contributed by atoms with Crippen molar-refractivity contribution in [2.75, 3.05) is 19.7 Å². The number of amides is 1. The van der Waals surface area contributed by atoms with Crippen LogP contribution in [0.15, 0.2) is 22.7 Å². The van der Waals surface area contributed by atoms with Crippen molar-refractivity contribution in [3.8, 4) is 0 Å². The van der Waals surface area contributed by atoms with E-state index >= 15 is 0 Å². The van der Waals surface area contributed by atoms with Crippen molar-refractivity contribution in [3.63, 3.8) is 0 Å². The lowest BCUT2D eigenvalue weighted by Gasteiger charge is -2.32. The van der Waals surface area contributed by atoms with Gasteiger partial charge in [-0.15, -0.1) is 0 Å². The zero-order chi connectivity index (χ0) is 13.8. The smallest absolute Gasteiger partial charge is 0.255 e. The average Bonchev–Trinajstić information content (AvgIpc) is 2.39. The first kappa shape index (κ1) is 14.8. The number of nitrogens with zero attached hydrogens (tertiary/aromatic N) is 1. The molecule has 1 unspecified atom stereocenters. The normalized spacial score (nSPS) is 19.5. The molecule has 0 aliphatic carbocycles. The second-order valence-corrected chi connectivity index (χ2v) is 6.22. The average molecular weight is 347 g/mol. The number of aliphatic hydroxyl groups is 1. The molecule has 19 heavy (non-hydrogen) atoms. The third-order valence-corrected chi connectivity index (χ3v) is 4.31. The number of piperidine rings is 1. The van der Waals surface area contributed by atoms with Gasteiger partial charge in [0.15, 0.2) is 0 Å². The number of carbonyl (C=O) groups is 1. The number of rotatable bonds is 3. The number of likely N-dealkylation sites (tertiary alicyclic amines) is 1. The molecule has 0 spiro atoms. The third-order valence-electron chi connectivity index (χ3n) is 3.51. The molecule has 1 aliphatic rings. The molecule has 0 aromatic heterocycles. The SMILES string of the molecule is O=C(c1ccc(Br)cc1Cl)N1CCCC(CCO)C1. The number of hydrogen-bond acceptors (Lipinski definition) is 2. The lowest BCUT2D eigenvalue weighted by atomic mass is 9.94. The molecule has 0 bridgehead atoms. The molecule has 1 amide bonds. The lowest BCUT2D eigenvalue weighted by molar-refractivity contribution is 0.0654. The summed E-state index contributed by atoms with van der Waals surface area (Å²) < 4.78 is 0.867. The van der Waals surface area contributed by atoms with E-state index in [0.717, 1.165) is 30.3 Å². The molecule has 3 nitrogen and oxygen atoms in total. The Bertz CT molecular complexity index is 465. The van der Waals surface area contributed by atoms with Crippen LogP contribution in [0.2, 0.25) is 5.02 Å². The highest BCUT2D eigenvalue weighted by Crippen LogP contribution is 2.25. The minimum absolute atomic E-state index is 0.0138. The molecule has 0 saturated carbocycles.